The van der Waals surface area contributed by atoms with Crippen LogP contribution in [0.3, 0.4) is 0 Å². The summed E-state index contributed by atoms with van der Waals surface area (Å²) in [6, 6.07) is 0. The van der Waals surface area contributed by atoms with Crippen LogP contribution in [0.1, 0.15) is 46.0 Å². The number of esters is 3. The van der Waals surface area contributed by atoms with E-state index < -0.39 is 24.0 Å². The first-order valence-electron chi connectivity index (χ1n) is 7.11. The number of unbranched alkanes of at least 4 members (excludes halogenated alkanes) is 3. The van der Waals surface area contributed by atoms with Crippen LogP contribution >= 0.6 is 0 Å². The molecule has 0 aliphatic rings. The molecule has 0 spiro atoms. The van der Waals surface area contributed by atoms with Gasteiger partial charge in [-0.05, 0) is 6.42 Å². The highest BCUT2D eigenvalue weighted by Crippen LogP contribution is 2.05. The molecule has 0 aliphatic carbocycles. The molecule has 0 heterocycles. The molecule has 21 heavy (non-hydrogen) atoms. The van der Waals surface area contributed by atoms with Crippen molar-refractivity contribution >= 4 is 17.9 Å². The lowest BCUT2D eigenvalue weighted by molar-refractivity contribution is -0.160. The number of rotatable bonds is 11. The van der Waals surface area contributed by atoms with Gasteiger partial charge in [0.05, 0.1) is 13.0 Å². The molecule has 0 aliphatic heterocycles. The minimum absolute atomic E-state index is 0.141. The molecule has 1 unspecified atom stereocenters. The van der Waals surface area contributed by atoms with Gasteiger partial charge >= 0.3 is 17.9 Å². The SMILES string of the molecule is C=CC(=O)OCC(CC(=O)OCCCCCC)OC(C)=O. The van der Waals surface area contributed by atoms with Crippen molar-refractivity contribution in [1.82, 2.24) is 0 Å². The van der Waals surface area contributed by atoms with Crippen LogP contribution in [-0.2, 0) is 28.6 Å². The van der Waals surface area contributed by atoms with E-state index in [4.69, 9.17) is 14.2 Å². The van der Waals surface area contributed by atoms with Crippen molar-refractivity contribution in [3.05, 3.63) is 12.7 Å². The molecule has 0 saturated carbocycles. The van der Waals surface area contributed by atoms with Crippen molar-refractivity contribution < 1.29 is 28.6 Å². The minimum atomic E-state index is -0.838. The largest absolute Gasteiger partial charge is 0.466 e. The van der Waals surface area contributed by atoms with E-state index in [9.17, 15) is 14.4 Å². The van der Waals surface area contributed by atoms with Crippen LogP contribution in [0.5, 0.6) is 0 Å². The van der Waals surface area contributed by atoms with Gasteiger partial charge in [-0.1, -0.05) is 32.8 Å². The molecule has 0 aromatic heterocycles. The summed E-state index contributed by atoms with van der Waals surface area (Å²) in [5, 5.41) is 0. The van der Waals surface area contributed by atoms with Gasteiger partial charge in [0.2, 0.25) is 0 Å². The van der Waals surface area contributed by atoms with Crippen LogP contribution in [0.25, 0.3) is 0 Å². The van der Waals surface area contributed by atoms with Crippen LogP contribution in [0.4, 0.5) is 0 Å². The average molecular weight is 300 g/mol. The van der Waals surface area contributed by atoms with Gasteiger partial charge in [-0.2, -0.15) is 0 Å². The quantitative estimate of drug-likeness (QED) is 0.252. The lowest BCUT2D eigenvalue weighted by atomic mass is 10.2. The van der Waals surface area contributed by atoms with Crippen molar-refractivity contribution in [3.63, 3.8) is 0 Å². The molecule has 0 rings (SSSR count). The highest BCUT2D eigenvalue weighted by molar-refractivity contribution is 5.81. The summed E-state index contributed by atoms with van der Waals surface area (Å²) < 4.78 is 14.7. The van der Waals surface area contributed by atoms with E-state index in [1.54, 1.807) is 0 Å². The Morgan fingerprint density at radius 2 is 1.86 bits per heavy atom. The Kier molecular flexibility index (Phi) is 10.9. The molecule has 1 atom stereocenters. The monoisotopic (exact) mass is 300 g/mol. The third kappa shape index (κ3) is 11.7. The van der Waals surface area contributed by atoms with Crippen LogP contribution in [0, 0.1) is 0 Å². The molecule has 0 N–H and O–H groups in total. The molecular formula is C15H24O6. The lowest BCUT2D eigenvalue weighted by Gasteiger charge is -2.16. The maximum absolute atomic E-state index is 11.6. The van der Waals surface area contributed by atoms with Gasteiger partial charge in [-0.15, -0.1) is 0 Å². The minimum Gasteiger partial charge on any atom is -0.466 e. The molecule has 0 aromatic rings. The number of hydrogen-bond donors (Lipinski definition) is 0. The molecule has 0 saturated heterocycles. The second-order valence-electron chi connectivity index (χ2n) is 4.55. The van der Waals surface area contributed by atoms with E-state index in [1.807, 2.05) is 0 Å². The van der Waals surface area contributed by atoms with Crippen molar-refractivity contribution in [2.24, 2.45) is 0 Å². The van der Waals surface area contributed by atoms with Gasteiger partial charge in [0.25, 0.3) is 0 Å². The van der Waals surface area contributed by atoms with Crippen molar-refractivity contribution in [2.75, 3.05) is 13.2 Å². The van der Waals surface area contributed by atoms with Crippen molar-refractivity contribution in [3.8, 4) is 0 Å². The summed E-state index contributed by atoms with van der Waals surface area (Å²) in [6.45, 7) is 6.72. The Balaban J connectivity index is 4.07. The molecule has 0 bridgehead atoms. The van der Waals surface area contributed by atoms with Gasteiger partial charge in [-0.25, -0.2) is 4.79 Å². The van der Waals surface area contributed by atoms with E-state index in [2.05, 4.69) is 13.5 Å². The Morgan fingerprint density at radius 1 is 1.14 bits per heavy atom. The molecule has 0 aromatic carbocycles. The van der Waals surface area contributed by atoms with E-state index in [0.717, 1.165) is 31.8 Å². The Morgan fingerprint density at radius 3 is 2.43 bits per heavy atom. The summed E-state index contributed by atoms with van der Waals surface area (Å²) >= 11 is 0. The van der Waals surface area contributed by atoms with E-state index in [0.29, 0.717) is 6.61 Å². The van der Waals surface area contributed by atoms with Gasteiger partial charge in [0.15, 0.2) is 0 Å². The third-order valence-electron chi connectivity index (χ3n) is 2.57. The summed E-state index contributed by atoms with van der Waals surface area (Å²) in [6.07, 6.45) is 4.04. The fourth-order valence-electron chi connectivity index (χ4n) is 1.56. The van der Waals surface area contributed by atoms with Gasteiger partial charge < -0.3 is 14.2 Å². The van der Waals surface area contributed by atoms with E-state index in [-0.39, 0.29) is 13.0 Å². The van der Waals surface area contributed by atoms with E-state index in [1.165, 1.54) is 6.92 Å². The maximum atomic E-state index is 11.6. The van der Waals surface area contributed by atoms with Gasteiger partial charge in [-0.3, -0.25) is 9.59 Å². The Hall–Kier alpha value is -1.85. The van der Waals surface area contributed by atoms with Gasteiger partial charge in [0.1, 0.15) is 12.7 Å². The molecule has 0 amide bonds. The number of carbonyl (C=O) groups is 3. The Bertz CT molecular complexity index is 350. The average Bonchev–Trinajstić information content (AvgIpc) is 2.43. The number of hydrogen-bond acceptors (Lipinski definition) is 6. The fourth-order valence-corrected chi connectivity index (χ4v) is 1.56. The highest BCUT2D eigenvalue weighted by atomic mass is 16.6. The number of ether oxygens (including phenoxy) is 3. The van der Waals surface area contributed by atoms with Crippen LogP contribution in [-0.4, -0.2) is 37.2 Å². The van der Waals surface area contributed by atoms with Gasteiger partial charge in [0, 0.05) is 13.0 Å². The van der Waals surface area contributed by atoms with E-state index >= 15 is 0 Å². The van der Waals surface area contributed by atoms with Crippen LogP contribution < -0.4 is 0 Å². The first-order chi connectivity index (χ1) is 9.99. The first-order valence-corrected chi connectivity index (χ1v) is 7.11. The molecular weight excluding hydrogens is 276 g/mol. The first kappa shape index (κ1) is 19.1. The second-order valence-corrected chi connectivity index (χ2v) is 4.55. The Labute approximate surface area is 125 Å². The summed E-state index contributed by atoms with van der Waals surface area (Å²) in [4.78, 5) is 33.5. The second kappa shape index (κ2) is 11.9. The normalized spacial score (nSPS) is 11.3. The molecule has 120 valence electrons. The summed E-state index contributed by atoms with van der Waals surface area (Å²) in [7, 11) is 0. The lowest BCUT2D eigenvalue weighted by Crippen LogP contribution is -2.27. The van der Waals surface area contributed by atoms with Crippen LogP contribution in [0.15, 0.2) is 12.7 Å². The summed E-state index contributed by atoms with van der Waals surface area (Å²) in [5.74, 6) is -1.67. The molecule has 0 radical (unpaired) electrons. The highest BCUT2D eigenvalue weighted by Gasteiger charge is 2.19. The van der Waals surface area contributed by atoms with Crippen molar-refractivity contribution in [2.45, 2.75) is 52.1 Å². The molecule has 0 fully saturated rings. The zero-order valence-corrected chi connectivity index (χ0v) is 12.8. The topological polar surface area (TPSA) is 78.9 Å². The molecule has 6 heteroatoms. The van der Waals surface area contributed by atoms with Crippen LogP contribution in [0.2, 0.25) is 0 Å². The fraction of sp³-hybridized carbons (Fsp3) is 0.667. The predicted octanol–water partition coefficient (Wildman–Crippen LogP) is 2.16. The molecule has 6 nitrogen and oxygen atoms in total. The van der Waals surface area contributed by atoms with Crippen molar-refractivity contribution in [1.29, 1.82) is 0 Å². The zero-order valence-electron chi connectivity index (χ0n) is 12.8. The number of carbonyl (C=O) groups excluding carboxylic acids is 3. The summed E-state index contributed by atoms with van der Waals surface area (Å²) in [5.41, 5.74) is 0. The maximum Gasteiger partial charge on any atom is 0.330 e. The smallest absolute Gasteiger partial charge is 0.330 e. The predicted molar refractivity (Wildman–Crippen MR) is 76.4 cm³/mol. The standard InChI is InChI=1S/C15H24O6/c1-4-6-7-8-9-19-15(18)10-13(21-12(3)16)11-20-14(17)5-2/h5,13H,2,4,6-11H2,1,3H3. The third-order valence-corrected chi connectivity index (χ3v) is 2.57. The zero-order chi connectivity index (χ0) is 16.1.